The number of H-pyrrole nitrogens is 2. The zero-order valence-corrected chi connectivity index (χ0v) is 12.9. The third-order valence-electron chi connectivity index (χ3n) is 2.55. The molecule has 0 saturated carbocycles. The minimum absolute atomic E-state index is 0.0912. The Morgan fingerprint density at radius 3 is 1.68 bits per heavy atom. The molecule has 0 bridgehead atoms. The lowest BCUT2D eigenvalue weighted by Crippen LogP contribution is -1.92. The predicted molar refractivity (Wildman–Crippen MR) is 81.2 cm³/mol. The molecular formula is C10H12N6O4S2. The maximum absolute atomic E-state index is 10.7. The Bertz CT molecular complexity index is 601. The van der Waals surface area contributed by atoms with Gasteiger partial charge in [0.25, 0.3) is 0 Å². The van der Waals surface area contributed by atoms with Gasteiger partial charge in [-0.25, -0.2) is 19.9 Å². The Balaban J connectivity index is 1.67. The van der Waals surface area contributed by atoms with Crippen LogP contribution in [0.5, 0.6) is 0 Å². The molecule has 0 amide bonds. The summed E-state index contributed by atoms with van der Waals surface area (Å²) in [6, 6.07) is 0. The van der Waals surface area contributed by atoms with E-state index >= 15 is 0 Å². The van der Waals surface area contributed by atoms with Crippen LogP contribution in [0, 0.1) is 20.2 Å². The van der Waals surface area contributed by atoms with E-state index in [0.717, 1.165) is 12.8 Å². The van der Waals surface area contributed by atoms with Crippen LogP contribution in [0.25, 0.3) is 0 Å². The molecule has 0 spiro atoms. The molecule has 0 aromatic carbocycles. The van der Waals surface area contributed by atoms with Gasteiger partial charge in [-0.15, -0.1) is 0 Å². The van der Waals surface area contributed by atoms with Crippen molar-refractivity contribution in [2.45, 2.75) is 22.9 Å². The fourth-order valence-corrected chi connectivity index (χ4v) is 3.44. The van der Waals surface area contributed by atoms with E-state index in [1.807, 2.05) is 0 Å². The van der Waals surface area contributed by atoms with E-state index in [4.69, 9.17) is 0 Å². The van der Waals surface area contributed by atoms with E-state index in [0.29, 0.717) is 21.6 Å². The SMILES string of the molecule is O=[N+]([O-])c1[nH]cnc1SCCCCSc1nc[nH]c1[N+](=O)[O-]. The van der Waals surface area contributed by atoms with Crippen molar-refractivity contribution in [3.63, 3.8) is 0 Å². The number of unbranched alkanes of at least 4 members (excludes halogenated alkanes) is 1. The molecule has 0 fully saturated rings. The van der Waals surface area contributed by atoms with Gasteiger partial charge in [-0.2, -0.15) is 0 Å². The van der Waals surface area contributed by atoms with Gasteiger partial charge in [0.1, 0.15) is 0 Å². The number of hydrogen-bond donors (Lipinski definition) is 2. The van der Waals surface area contributed by atoms with Crippen molar-refractivity contribution in [2.24, 2.45) is 0 Å². The summed E-state index contributed by atoms with van der Waals surface area (Å²) in [7, 11) is 0. The molecule has 2 aromatic rings. The van der Waals surface area contributed by atoms with Gasteiger partial charge >= 0.3 is 11.6 Å². The van der Waals surface area contributed by atoms with Crippen LogP contribution in [0.1, 0.15) is 12.8 Å². The molecule has 2 N–H and O–H groups in total. The maximum atomic E-state index is 10.7. The van der Waals surface area contributed by atoms with Crippen LogP contribution in [0.15, 0.2) is 22.7 Å². The van der Waals surface area contributed by atoms with Crippen molar-refractivity contribution < 1.29 is 9.85 Å². The van der Waals surface area contributed by atoms with Crippen molar-refractivity contribution in [1.29, 1.82) is 0 Å². The number of rotatable bonds is 9. The average Bonchev–Trinajstić information content (AvgIpc) is 3.11. The van der Waals surface area contributed by atoms with Crippen molar-refractivity contribution in [3.05, 3.63) is 32.9 Å². The number of imidazole rings is 2. The summed E-state index contributed by atoms with van der Waals surface area (Å²) in [5, 5.41) is 22.1. The normalized spacial score (nSPS) is 10.7. The molecule has 10 nitrogen and oxygen atoms in total. The number of nitrogens with zero attached hydrogens (tertiary/aromatic N) is 4. The molecule has 2 heterocycles. The number of hydrogen-bond acceptors (Lipinski definition) is 8. The van der Waals surface area contributed by atoms with Crippen LogP contribution in [-0.4, -0.2) is 41.3 Å². The van der Waals surface area contributed by atoms with Crippen LogP contribution in [0.3, 0.4) is 0 Å². The highest BCUT2D eigenvalue weighted by Gasteiger charge is 2.16. The smallest absolute Gasteiger partial charge is 0.354 e. The van der Waals surface area contributed by atoms with E-state index in [1.54, 1.807) is 0 Å². The fourth-order valence-electron chi connectivity index (χ4n) is 1.56. The molecular weight excluding hydrogens is 332 g/mol. The van der Waals surface area contributed by atoms with Gasteiger partial charge in [-0.1, -0.05) is 23.5 Å². The Labute approximate surface area is 132 Å². The van der Waals surface area contributed by atoms with Gasteiger partial charge in [-0.3, -0.25) is 0 Å². The van der Waals surface area contributed by atoms with Crippen molar-refractivity contribution >= 4 is 35.2 Å². The van der Waals surface area contributed by atoms with Gasteiger partial charge in [0.15, 0.2) is 22.7 Å². The quantitative estimate of drug-likeness (QED) is 0.306. The zero-order valence-electron chi connectivity index (χ0n) is 11.2. The first-order valence-corrected chi connectivity index (χ1v) is 8.18. The van der Waals surface area contributed by atoms with Gasteiger partial charge in [-0.05, 0) is 34.2 Å². The van der Waals surface area contributed by atoms with Crippen LogP contribution in [-0.2, 0) is 0 Å². The number of aromatic nitrogens is 4. The molecule has 2 aromatic heterocycles. The van der Waals surface area contributed by atoms with Gasteiger partial charge < -0.3 is 20.2 Å². The summed E-state index contributed by atoms with van der Waals surface area (Å²) < 4.78 is 0. The second-order valence-electron chi connectivity index (χ2n) is 4.03. The van der Waals surface area contributed by atoms with Crippen molar-refractivity contribution in [1.82, 2.24) is 19.9 Å². The van der Waals surface area contributed by atoms with E-state index in [9.17, 15) is 20.2 Å². The first-order chi connectivity index (χ1) is 10.6. The van der Waals surface area contributed by atoms with Crippen molar-refractivity contribution in [3.8, 4) is 0 Å². The van der Waals surface area contributed by atoms with E-state index in [1.165, 1.54) is 36.2 Å². The van der Waals surface area contributed by atoms with Gasteiger partial charge in [0.05, 0.1) is 0 Å². The zero-order chi connectivity index (χ0) is 15.9. The Morgan fingerprint density at radius 1 is 0.909 bits per heavy atom. The Kier molecular flexibility index (Phi) is 5.77. The fraction of sp³-hybridized carbons (Fsp3) is 0.400. The van der Waals surface area contributed by atoms with Crippen LogP contribution in [0.4, 0.5) is 11.6 Å². The highest BCUT2D eigenvalue weighted by molar-refractivity contribution is 7.99. The lowest BCUT2D eigenvalue weighted by Gasteiger charge is -2.00. The topological polar surface area (TPSA) is 144 Å². The first-order valence-electron chi connectivity index (χ1n) is 6.20. The second kappa shape index (κ2) is 7.79. The molecule has 0 unspecified atom stereocenters. The number of thioether (sulfide) groups is 2. The number of nitrogens with one attached hydrogen (secondary N) is 2. The third-order valence-corrected chi connectivity index (χ3v) is 4.68. The molecule has 2 rings (SSSR count). The van der Waals surface area contributed by atoms with Crippen LogP contribution in [0.2, 0.25) is 0 Å². The first kappa shape index (κ1) is 16.3. The summed E-state index contributed by atoms with van der Waals surface area (Å²) >= 11 is 2.63. The molecule has 0 aliphatic heterocycles. The average molecular weight is 344 g/mol. The monoisotopic (exact) mass is 344 g/mol. The third kappa shape index (κ3) is 4.21. The van der Waals surface area contributed by atoms with Gasteiger partial charge in [0, 0.05) is 0 Å². The molecule has 22 heavy (non-hydrogen) atoms. The maximum Gasteiger partial charge on any atom is 0.354 e. The highest BCUT2D eigenvalue weighted by atomic mass is 32.2. The highest BCUT2D eigenvalue weighted by Crippen LogP contribution is 2.28. The predicted octanol–water partition coefficient (Wildman–Crippen LogP) is 2.61. The summed E-state index contributed by atoms with van der Waals surface area (Å²) in [5.74, 6) is 1.20. The van der Waals surface area contributed by atoms with E-state index in [2.05, 4.69) is 19.9 Å². The molecule has 0 radical (unpaired) electrons. The van der Waals surface area contributed by atoms with Crippen LogP contribution < -0.4 is 0 Å². The number of aromatic amines is 2. The number of nitro groups is 2. The van der Waals surface area contributed by atoms with E-state index < -0.39 is 9.85 Å². The molecule has 118 valence electrons. The Morgan fingerprint density at radius 2 is 1.32 bits per heavy atom. The summed E-state index contributed by atoms with van der Waals surface area (Å²) in [6.07, 6.45) is 4.24. The van der Waals surface area contributed by atoms with Crippen LogP contribution >= 0.6 is 23.5 Å². The summed E-state index contributed by atoms with van der Waals surface area (Å²) in [4.78, 5) is 33.1. The van der Waals surface area contributed by atoms with E-state index in [-0.39, 0.29) is 11.6 Å². The molecule has 0 aliphatic carbocycles. The van der Waals surface area contributed by atoms with Gasteiger partial charge in [0.2, 0.25) is 0 Å². The molecule has 0 saturated heterocycles. The lowest BCUT2D eigenvalue weighted by molar-refractivity contribution is -0.392. The minimum atomic E-state index is -0.498. The van der Waals surface area contributed by atoms with Crippen molar-refractivity contribution in [2.75, 3.05) is 11.5 Å². The largest absolute Gasteiger partial charge is 0.358 e. The summed E-state index contributed by atoms with van der Waals surface area (Å²) in [6.45, 7) is 0. The standard InChI is InChI=1S/C10H12N6O4S2/c17-15(18)7-9(13-5-11-7)21-3-1-2-4-22-10-8(16(19)20)12-6-14-10/h5-6H,1-4H2,(H,11,13)(H,12,14). The Hall–Kier alpha value is -2.08. The molecule has 0 atom stereocenters. The molecule has 0 aliphatic rings. The minimum Gasteiger partial charge on any atom is -0.358 e. The second-order valence-corrected chi connectivity index (χ2v) is 6.20. The molecule has 12 heteroatoms. The summed E-state index contributed by atoms with van der Waals surface area (Å²) in [5.41, 5.74) is 0. The lowest BCUT2D eigenvalue weighted by atomic mass is 10.4.